The Labute approximate surface area is 133 Å². The van der Waals surface area contributed by atoms with Gasteiger partial charge in [-0.15, -0.1) is 0 Å². The van der Waals surface area contributed by atoms with E-state index in [9.17, 15) is 4.79 Å². The van der Waals surface area contributed by atoms with E-state index in [0.29, 0.717) is 19.0 Å². The van der Waals surface area contributed by atoms with Crippen molar-refractivity contribution < 1.29 is 9.21 Å². The summed E-state index contributed by atoms with van der Waals surface area (Å²) >= 11 is 0. The summed E-state index contributed by atoms with van der Waals surface area (Å²) < 4.78 is 5.61. The molecule has 5 nitrogen and oxygen atoms in total. The van der Waals surface area contributed by atoms with Gasteiger partial charge in [0.2, 0.25) is 0 Å². The zero-order valence-electron chi connectivity index (χ0n) is 13.8. The lowest BCUT2D eigenvalue weighted by Gasteiger charge is -2.29. The summed E-state index contributed by atoms with van der Waals surface area (Å²) in [6.45, 7) is 7.59. The van der Waals surface area contributed by atoms with Crippen molar-refractivity contribution in [1.82, 2.24) is 15.5 Å². The Morgan fingerprint density at radius 3 is 2.45 bits per heavy atom. The van der Waals surface area contributed by atoms with Gasteiger partial charge in [-0.3, -0.25) is 4.90 Å². The molecular weight excluding hydrogens is 278 g/mol. The lowest BCUT2D eigenvalue weighted by molar-refractivity contribution is 0.175. The molecule has 22 heavy (non-hydrogen) atoms. The van der Waals surface area contributed by atoms with E-state index in [2.05, 4.69) is 29.4 Å². The molecule has 1 aromatic heterocycles. The molecule has 5 heteroatoms. The fourth-order valence-corrected chi connectivity index (χ4v) is 2.85. The van der Waals surface area contributed by atoms with Crippen molar-refractivity contribution in [2.75, 3.05) is 26.2 Å². The van der Waals surface area contributed by atoms with Crippen LogP contribution in [0.4, 0.5) is 4.79 Å². The Morgan fingerprint density at radius 1 is 1.18 bits per heavy atom. The van der Waals surface area contributed by atoms with Crippen LogP contribution in [0.2, 0.25) is 0 Å². The summed E-state index contributed by atoms with van der Waals surface area (Å²) in [6, 6.07) is 3.94. The second kappa shape index (κ2) is 8.83. The fourth-order valence-electron chi connectivity index (χ4n) is 2.85. The van der Waals surface area contributed by atoms with Gasteiger partial charge in [-0.2, -0.15) is 0 Å². The van der Waals surface area contributed by atoms with Gasteiger partial charge in [0.1, 0.15) is 5.76 Å². The van der Waals surface area contributed by atoms with Crippen LogP contribution in [-0.4, -0.2) is 37.1 Å². The van der Waals surface area contributed by atoms with Crippen molar-refractivity contribution >= 4 is 6.03 Å². The summed E-state index contributed by atoms with van der Waals surface area (Å²) in [7, 11) is 0. The molecule has 2 rings (SSSR count). The Morgan fingerprint density at radius 2 is 1.86 bits per heavy atom. The van der Waals surface area contributed by atoms with Gasteiger partial charge < -0.3 is 15.1 Å². The van der Waals surface area contributed by atoms with Gasteiger partial charge in [-0.05, 0) is 44.0 Å². The highest BCUT2D eigenvalue weighted by Crippen LogP contribution is 2.24. The van der Waals surface area contributed by atoms with E-state index in [1.165, 1.54) is 25.7 Å². The zero-order chi connectivity index (χ0) is 15.8. The van der Waals surface area contributed by atoms with Gasteiger partial charge in [0.25, 0.3) is 0 Å². The third-order valence-corrected chi connectivity index (χ3v) is 4.08. The van der Waals surface area contributed by atoms with E-state index in [-0.39, 0.29) is 12.1 Å². The molecule has 1 atom stereocenters. The Kier molecular flexibility index (Phi) is 6.77. The number of rotatable bonds is 6. The van der Waals surface area contributed by atoms with Gasteiger partial charge in [0, 0.05) is 13.1 Å². The van der Waals surface area contributed by atoms with Gasteiger partial charge in [0.15, 0.2) is 0 Å². The van der Waals surface area contributed by atoms with E-state index < -0.39 is 0 Å². The van der Waals surface area contributed by atoms with Gasteiger partial charge in [-0.25, -0.2) is 4.79 Å². The summed E-state index contributed by atoms with van der Waals surface area (Å²) in [5.41, 5.74) is 0. The molecule has 0 saturated carbocycles. The highest BCUT2D eigenvalue weighted by Gasteiger charge is 2.24. The SMILES string of the molecule is CC(C)CNC(=O)NCC(c1ccco1)N1CCCCCC1. The molecule has 1 aliphatic rings. The molecule has 0 bridgehead atoms. The number of hydrogen-bond donors (Lipinski definition) is 2. The lowest BCUT2D eigenvalue weighted by atomic mass is 10.1. The standard InChI is InChI=1S/C17H29N3O2/c1-14(2)12-18-17(21)19-13-15(16-8-7-11-22-16)20-9-5-3-4-6-10-20/h7-8,11,14-15H,3-6,9-10,12-13H2,1-2H3,(H2,18,19,21). The smallest absolute Gasteiger partial charge is 0.314 e. The molecule has 124 valence electrons. The normalized spacial score (nSPS) is 18.0. The molecule has 1 saturated heterocycles. The maximum absolute atomic E-state index is 11.9. The van der Waals surface area contributed by atoms with Crippen LogP contribution in [0.3, 0.4) is 0 Å². The highest BCUT2D eigenvalue weighted by molar-refractivity contribution is 5.73. The summed E-state index contributed by atoms with van der Waals surface area (Å²) in [4.78, 5) is 14.3. The van der Waals surface area contributed by atoms with Crippen molar-refractivity contribution in [3.63, 3.8) is 0 Å². The van der Waals surface area contributed by atoms with Crippen molar-refractivity contribution in [3.05, 3.63) is 24.2 Å². The number of furan rings is 1. The molecule has 1 unspecified atom stereocenters. The molecule has 2 N–H and O–H groups in total. The van der Waals surface area contributed by atoms with Crippen LogP contribution >= 0.6 is 0 Å². The van der Waals surface area contributed by atoms with Crippen LogP contribution in [0.5, 0.6) is 0 Å². The average molecular weight is 307 g/mol. The monoisotopic (exact) mass is 307 g/mol. The quantitative estimate of drug-likeness (QED) is 0.849. The highest BCUT2D eigenvalue weighted by atomic mass is 16.3. The largest absolute Gasteiger partial charge is 0.468 e. The lowest BCUT2D eigenvalue weighted by Crippen LogP contribution is -2.43. The molecule has 2 heterocycles. The van der Waals surface area contributed by atoms with Crippen LogP contribution in [0, 0.1) is 5.92 Å². The van der Waals surface area contributed by atoms with Crippen LogP contribution in [0.1, 0.15) is 51.3 Å². The molecule has 0 spiro atoms. The van der Waals surface area contributed by atoms with Crippen LogP contribution in [0.15, 0.2) is 22.8 Å². The first-order valence-electron chi connectivity index (χ1n) is 8.46. The predicted molar refractivity (Wildman–Crippen MR) is 87.7 cm³/mol. The maximum Gasteiger partial charge on any atom is 0.314 e. The topological polar surface area (TPSA) is 57.5 Å². The third-order valence-electron chi connectivity index (χ3n) is 4.08. The number of hydrogen-bond acceptors (Lipinski definition) is 3. The van der Waals surface area contributed by atoms with Gasteiger partial charge in [-0.1, -0.05) is 26.7 Å². The number of likely N-dealkylation sites (tertiary alicyclic amines) is 1. The van der Waals surface area contributed by atoms with E-state index in [1.54, 1.807) is 6.26 Å². The minimum atomic E-state index is -0.0971. The Hall–Kier alpha value is -1.49. The summed E-state index contributed by atoms with van der Waals surface area (Å²) in [5, 5.41) is 5.89. The predicted octanol–water partition coefficient (Wildman–Crippen LogP) is 3.15. The van der Waals surface area contributed by atoms with Gasteiger partial charge in [0.05, 0.1) is 12.3 Å². The number of urea groups is 1. The van der Waals surface area contributed by atoms with Crippen molar-refractivity contribution in [1.29, 1.82) is 0 Å². The third kappa shape index (κ3) is 5.37. The molecule has 0 radical (unpaired) electrons. The number of carbonyl (C=O) groups excluding carboxylic acids is 1. The van der Waals surface area contributed by atoms with E-state index in [1.807, 2.05) is 12.1 Å². The first-order chi connectivity index (χ1) is 10.7. The average Bonchev–Trinajstić information content (AvgIpc) is 2.88. The maximum atomic E-state index is 11.9. The molecule has 0 aliphatic carbocycles. The van der Waals surface area contributed by atoms with Crippen LogP contribution in [-0.2, 0) is 0 Å². The molecule has 1 fully saturated rings. The van der Waals surface area contributed by atoms with Crippen LogP contribution in [0.25, 0.3) is 0 Å². The van der Waals surface area contributed by atoms with E-state index >= 15 is 0 Å². The fraction of sp³-hybridized carbons (Fsp3) is 0.706. The molecule has 1 aromatic rings. The number of nitrogens with zero attached hydrogens (tertiary/aromatic N) is 1. The van der Waals surface area contributed by atoms with E-state index in [4.69, 9.17) is 4.42 Å². The van der Waals surface area contributed by atoms with Crippen molar-refractivity contribution in [2.45, 2.75) is 45.6 Å². The Balaban J connectivity index is 1.92. The zero-order valence-corrected chi connectivity index (χ0v) is 13.8. The number of amides is 2. The summed E-state index contributed by atoms with van der Waals surface area (Å²) in [5.74, 6) is 1.39. The second-order valence-corrected chi connectivity index (χ2v) is 6.47. The first-order valence-corrected chi connectivity index (χ1v) is 8.46. The van der Waals surface area contributed by atoms with Crippen LogP contribution < -0.4 is 10.6 Å². The molecule has 1 aliphatic heterocycles. The molecular formula is C17H29N3O2. The second-order valence-electron chi connectivity index (χ2n) is 6.47. The first kappa shape index (κ1) is 16.9. The van der Waals surface area contributed by atoms with Crippen molar-refractivity contribution in [3.8, 4) is 0 Å². The Bertz CT molecular complexity index is 423. The number of nitrogens with one attached hydrogen (secondary N) is 2. The molecule has 0 aromatic carbocycles. The van der Waals surface area contributed by atoms with E-state index in [0.717, 1.165) is 18.8 Å². The minimum absolute atomic E-state index is 0.0971. The number of carbonyl (C=O) groups is 1. The van der Waals surface area contributed by atoms with Crippen molar-refractivity contribution in [2.24, 2.45) is 5.92 Å². The summed E-state index contributed by atoms with van der Waals surface area (Å²) in [6.07, 6.45) is 6.74. The molecule has 2 amide bonds. The van der Waals surface area contributed by atoms with Gasteiger partial charge >= 0.3 is 6.03 Å². The minimum Gasteiger partial charge on any atom is -0.468 e.